The topological polar surface area (TPSA) is 37.4 Å². The van der Waals surface area contributed by atoms with Crippen molar-refractivity contribution < 1.29 is 26.0 Å². The highest BCUT2D eigenvalue weighted by Crippen LogP contribution is 2.35. The Hall–Kier alpha value is -1.15. The number of nitrogens with zero attached hydrogens (tertiary/aromatic N) is 1. The molecule has 0 saturated carbocycles. The predicted octanol–water partition coefficient (Wildman–Crippen LogP) is 2.79. The molecule has 1 heterocycles. The highest BCUT2D eigenvalue weighted by molar-refractivity contribution is 7.89. The molecule has 0 spiro atoms. The van der Waals surface area contributed by atoms with E-state index in [1.807, 2.05) is 0 Å². The molecular weight excluding hydrogens is 298 g/mol. The van der Waals surface area contributed by atoms with Crippen LogP contribution in [0.15, 0.2) is 29.2 Å². The smallest absolute Gasteiger partial charge is 0.207 e. The zero-order valence-corrected chi connectivity index (χ0v) is 11.2. The minimum absolute atomic E-state index is 0.249. The molecule has 0 amide bonds. The number of hydrogen-bond donors (Lipinski definition) is 0. The van der Waals surface area contributed by atoms with Gasteiger partial charge in [-0.05, 0) is 25.0 Å². The van der Waals surface area contributed by atoms with E-state index < -0.39 is 32.8 Å². The summed E-state index contributed by atoms with van der Waals surface area (Å²) in [7, 11) is -4.07. The van der Waals surface area contributed by atoms with Crippen LogP contribution in [0.2, 0.25) is 0 Å². The molecule has 0 aromatic heterocycles. The van der Waals surface area contributed by atoms with Gasteiger partial charge >= 0.3 is 6.18 Å². The molecule has 112 valence electrons. The van der Waals surface area contributed by atoms with Gasteiger partial charge in [-0.1, -0.05) is 12.1 Å². The average Bonchev–Trinajstić information content (AvgIpc) is 2.38. The third kappa shape index (κ3) is 2.95. The first kappa shape index (κ1) is 15.2. The molecule has 0 bridgehead atoms. The predicted molar refractivity (Wildman–Crippen MR) is 63.9 cm³/mol. The monoisotopic (exact) mass is 311 g/mol. The van der Waals surface area contributed by atoms with E-state index in [-0.39, 0.29) is 25.9 Å². The minimum Gasteiger partial charge on any atom is -0.207 e. The molecule has 0 atom stereocenters. The Labute approximate surface area is 114 Å². The quantitative estimate of drug-likeness (QED) is 0.788. The summed E-state index contributed by atoms with van der Waals surface area (Å²) in [6.07, 6.45) is -4.90. The van der Waals surface area contributed by atoms with E-state index in [2.05, 4.69) is 0 Å². The van der Waals surface area contributed by atoms with E-state index in [1.165, 1.54) is 12.1 Å². The lowest BCUT2D eigenvalue weighted by Crippen LogP contribution is -2.42. The summed E-state index contributed by atoms with van der Waals surface area (Å²) < 4.78 is 76.3. The Balaban J connectivity index is 2.16. The van der Waals surface area contributed by atoms with Gasteiger partial charge in [-0.2, -0.15) is 17.5 Å². The Morgan fingerprint density at radius 3 is 2.15 bits per heavy atom. The molecule has 1 saturated heterocycles. The highest BCUT2D eigenvalue weighted by Gasteiger charge is 2.43. The number of piperidine rings is 1. The number of halogens is 4. The van der Waals surface area contributed by atoms with E-state index >= 15 is 0 Å². The highest BCUT2D eigenvalue weighted by atomic mass is 32.2. The molecule has 2 rings (SSSR count). The maximum Gasteiger partial charge on any atom is 0.391 e. The van der Waals surface area contributed by atoms with Crippen LogP contribution in [0.3, 0.4) is 0 Å². The van der Waals surface area contributed by atoms with Gasteiger partial charge in [0.05, 0.1) is 5.92 Å². The van der Waals surface area contributed by atoms with Crippen molar-refractivity contribution in [2.75, 3.05) is 13.1 Å². The lowest BCUT2D eigenvalue weighted by molar-refractivity contribution is -0.182. The summed E-state index contributed by atoms with van der Waals surface area (Å²) in [5.74, 6) is -2.39. The normalized spacial score (nSPS) is 19.2. The fourth-order valence-electron chi connectivity index (χ4n) is 2.22. The van der Waals surface area contributed by atoms with Gasteiger partial charge in [0.1, 0.15) is 10.7 Å². The maximum absolute atomic E-state index is 13.5. The van der Waals surface area contributed by atoms with Crippen LogP contribution in [-0.4, -0.2) is 32.0 Å². The third-order valence-electron chi connectivity index (χ3n) is 3.37. The molecule has 0 unspecified atom stereocenters. The van der Waals surface area contributed by atoms with E-state index in [0.29, 0.717) is 0 Å². The number of benzene rings is 1. The van der Waals surface area contributed by atoms with E-state index in [9.17, 15) is 26.0 Å². The standard InChI is InChI=1S/C12H13F4NO2S/c13-10-3-1-2-4-11(10)20(18,19)17-7-5-9(6-8-17)12(14,15)16/h1-4,9H,5-8H2. The molecule has 1 aliphatic heterocycles. The number of sulfonamides is 1. The Kier molecular flexibility index (Phi) is 4.06. The lowest BCUT2D eigenvalue weighted by Gasteiger charge is -2.32. The summed E-state index contributed by atoms with van der Waals surface area (Å²) in [6.45, 7) is -0.498. The average molecular weight is 311 g/mol. The number of rotatable bonds is 2. The van der Waals surface area contributed by atoms with Crippen molar-refractivity contribution in [1.82, 2.24) is 4.31 Å². The summed E-state index contributed by atoms with van der Waals surface area (Å²) in [5, 5.41) is 0. The van der Waals surface area contributed by atoms with Crippen molar-refractivity contribution in [3.8, 4) is 0 Å². The number of alkyl halides is 3. The van der Waals surface area contributed by atoms with Gasteiger partial charge in [0, 0.05) is 13.1 Å². The van der Waals surface area contributed by atoms with Crippen molar-refractivity contribution in [2.24, 2.45) is 5.92 Å². The van der Waals surface area contributed by atoms with Gasteiger partial charge < -0.3 is 0 Å². The molecule has 1 aliphatic rings. The van der Waals surface area contributed by atoms with Crippen molar-refractivity contribution in [3.05, 3.63) is 30.1 Å². The first-order valence-corrected chi connectivity index (χ1v) is 7.48. The molecule has 20 heavy (non-hydrogen) atoms. The molecule has 8 heteroatoms. The Morgan fingerprint density at radius 1 is 1.10 bits per heavy atom. The van der Waals surface area contributed by atoms with Crippen molar-refractivity contribution in [3.63, 3.8) is 0 Å². The SMILES string of the molecule is O=S(=O)(c1ccccc1F)N1CCC(C(F)(F)F)CC1. The largest absolute Gasteiger partial charge is 0.391 e. The third-order valence-corrected chi connectivity index (χ3v) is 5.30. The van der Waals surface area contributed by atoms with Crippen LogP contribution in [-0.2, 0) is 10.0 Å². The molecule has 1 aromatic rings. The molecule has 1 fully saturated rings. The second-order valence-electron chi connectivity index (χ2n) is 4.65. The van der Waals surface area contributed by atoms with Crippen molar-refractivity contribution >= 4 is 10.0 Å². The van der Waals surface area contributed by atoms with Crippen LogP contribution < -0.4 is 0 Å². The molecule has 0 N–H and O–H groups in total. The fraction of sp³-hybridized carbons (Fsp3) is 0.500. The van der Waals surface area contributed by atoms with Gasteiger partial charge in [0.2, 0.25) is 10.0 Å². The second kappa shape index (κ2) is 5.33. The van der Waals surface area contributed by atoms with Gasteiger partial charge in [-0.15, -0.1) is 0 Å². The minimum atomic E-state index is -4.31. The summed E-state index contributed by atoms with van der Waals surface area (Å²) in [4.78, 5) is -0.495. The zero-order chi connectivity index (χ0) is 15.0. The van der Waals surface area contributed by atoms with E-state index in [4.69, 9.17) is 0 Å². The summed E-state index contributed by atoms with van der Waals surface area (Å²) in [6, 6.07) is 4.85. The van der Waals surface area contributed by atoms with Gasteiger partial charge in [-0.3, -0.25) is 0 Å². The molecule has 0 radical (unpaired) electrons. The lowest BCUT2D eigenvalue weighted by atomic mass is 9.98. The first-order valence-electron chi connectivity index (χ1n) is 6.04. The fourth-order valence-corrected chi connectivity index (χ4v) is 3.75. The Bertz CT molecular complexity index is 577. The van der Waals surface area contributed by atoms with Gasteiger partial charge in [0.15, 0.2) is 0 Å². The van der Waals surface area contributed by atoms with Crippen LogP contribution in [0.5, 0.6) is 0 Å². The summed E-state index contributed by atoms with van der Waals surface area (Å²) >= 11 is 0. The van der Waals surface area contributed by atoms with Gasteiger partial charge in [0.25, 0.3) is 0 Å². The van der Waals surface area contributed by atoms with Crippen LogP contribution in [0.4, 0.5) is 17.6 Å². The van der Waals surface area contributed by atoms with Crippen LogP contribution in [0.25, 0.3) is 0 Å². The van der Waals surface area contributed by atoms with Crippen molar-refractivity contribution in [2.45, 2.75) is 23.9 Å². The molecular formula is C12H13F4NO2S. The van der Waals surface area contributed by atoms with Gasteiger partial charge in [-0.25, -0.2) is 12.8 Å². The van der Waals surface area contributed by atoms with E-state index in [0.717, 1.165) is 16.4 Å². The zero-order valence-electron chi connectivity index (χ0n) is 10.4. The molecule has 0 aliphatic carbocycles. The van der Waals surface area contributed by atoms with E-state index in [1.54, 1.807) is 0 Å². The maximum atomic E-state index is 13.5. The van der Waals surface area contributed by atoms with Crippen molar-refractivity contribution in [1.29, 1.82) is 0 Å². The van der Waals surface area contributed by atoms with Crippen LogP contribution >= 0.6 is 0 Å². The van der Waals surface area contributed by atoms with Crippen LogP contribution in [0.1, 0.15) is 12.8 Å². The second-order valence-corrected chi connectivity index (χ2v) is 6.56. The number of hydrogen-bond acceptors (Lipinski definition) is 2. The summed E-state index contributed by atoms with van der Waals surface area (Å²) in [5.41, 5.74) is 0. The Morgan fingerprint density at radius 2 is 1.65 bits per heavy atom. The van der Waals surface area contributed by atoms with Crippen LogP contribution in [0, 0.1) is 11.7 Å². The molecule has 1 aromatic carbocycles. The first-order chi connectivity index (χ1) is 9.23. The molecule has 3 nitrogen and oxygen atoms in total.